The van der Waals surface area contributed by atoms with Crippen LogP contribution in [0.5, 0.6) is 0 Å². The topological polar surface area (TPSA) is 95.9 Å². The van der Waals surface area contributed by atoms with Crippen LogP contribution < -0.4 is 5.32 Å². The van der Waals surface area contributed by atoms with E-state index in [4.69, 9.17) is 16.7 Å². The van der Waals surface area contributed by atoms with Gasteiger partial charge in [-0.1, -0.05) is 0 Å². The third kappa shape index (κ3) is 4.40. The summed E-state index contributed by atoms with van der Waals surface area (Å²) in [6.45, 7) is -0.181. The van der Waals surface area contributed by atoms with E-state index in [1.165, 1.54) is 7.11 Å². The molecule has 14 heavy (non-hydrogen) atoms. The maximum absolute atomic E-state index is 10.8. The molecule has 0 rings (SSSR count). The third-order valence-corrected chi connectivity index (χ3v) is 1.67. The number of alkyl halides is 1. The second-order valence-corrected chi connectivity index (χ2v) is 2.81. The highest BCUT2D eigenvalue weighted by atomic mass is 35.5. The van der Waals surface area contributed by atoms with Gasteiger partial charge in [0.1, 0.15) is 12.0 Å². The number of carbonyl (C=O) groups excluding carboxylic acids is 1. The number of carbonyl (C=O) groups is 2. The summed E-state index contributed by atoms with van der Waals surface area (Å²) in [7, 11) is 1.31. The van der Waals surface area contributed by atoms with Crippen molar-refractivity contribution < 1.29 is 24.5 Å². The summed E-state index contributed by atoms with van der Waals surface area (Å²) in [4.78, 5) is 21.4. The normalized spacial score (nSPS) is 14.5. The first-order valence-corrected chi connectivity index (χ1v) is 4.31. The molecule has 82 valence electrons. The number of carboxylic acids is 1. The highest BCUT2D eigenvalue weighted by Gasteiger charge is 2.27. The van der Waals surface area contributed by atoms with E-state index in [1.807, 2.05) is 0 Å². The van der Waals surface area contributed by atoms with Gasteiger partial charge in [0.2, 0.25) is 5.91 Å². The molecule has 0 aromatic heterocycles. The van der Waals surface area contributed by atoms with E-state index in [2.05, 4.69) is 10.1 Å². The molecule has 3 N–H and O–H groups in total. The van der Waals surface area contributed by atoms with E-state index in [9.17, 15) is 14.7 Å². The number of ether oxygens (including phenoxy) is 1. The van der Waals surface area contributed by atoms with Crippen molar-refractivity contribution in [3.8, 4) is 0 Å². The van der Waals surface area contributed by atoms with Crippen molar-refractivity contribution in [2.24, 2.45) is 0 Å². The van der Waals surface area contributed by atoms with Gasteiger partial charge in [0.05, 0.1) is 6.61 Å². The predicted octanol–water partition coefficient (Wildman–Crippen LogP) is -1.20. The number of aliphatic hydroxyl groups excluding tert-OH is 1. The molecular weight excluding hydrogens is 214 g/mol. The Kier molecular flexibility index (Phi) is 6.18. The van der Waals surface area contributed by atoms with Gasteiger partial charge in [-0.15, -0.1) is 11.6 Å². The van der Waals surface area contributed by atoms with Crippen molar-refractivity contribution in [1.29, 1.82) is 0 Å². The molecule has 0 bridgehead atoms. The van der Waals surface area contributed by atoms with Gasteiger partial charge in [-0.3, -0.25) is 4.79 Å². The number of aliphatic carboxylic acids is 1. The standard InChI is InChI=1S/C7H12ClNO5/c1-14-3-4(10)6(7(12)13)9-5(11)2-8/h4,6,10H,2-3H2,1H3,(H,9,11)(H,12,13). The Morgan fingerprint density at radius 2 is 2.14 bits per heavy atom. The predicted molar refractivity (Wildman–Crippen MR) is 48.2 cm³/mol. The van der Waals surface area contributed by atoms with Gasteiger partial charge in [-0.2, -0.15) is 0 Å². The number of nitrogens with one attached hydrogen (secondary N) is 1. The van der Waals surface area contributed by atoms with Gasteiger partial charge in [0, 0.05) is 7.11 Å². The van der Waals surface area contributed by atoms with Gasteiger partial charge in [0.15, 0.2) is 6.04 Å². The quantitative estimate of drug-likeness (QED) is 0.494. The molecule has 0 fully saturated rings. The van der Waals surface area contributed by atoms with Gasteiger partial charge in [0.25, 0.3) is 0 Å². The van der Waals surface area contributed by atoms with E-state index >= 15 is 0 Å². The Labute approximate surface area is 85.8 Å². The van der Waals surface area contributed by atoms with Crippen LogP contribution in [-0.2, 0) is 14.3 Å². The minimum Gasteiger partial charge on any atom is -0.480 e. The summed E-state index contributed by atoms with van der Waals surface area (Å²) in [5, 5.41) is 20.0. The molecule has 0 aliphatic heterocycles. The molecule has 0 aromatic carbocycles. The van der Waals surface area contributed by atoms with Gasteiger partial charge < -0.3 is 20.3 Å². The zero-order valence-electron chi connectivity index (χ0n) is 7.57. The summed E-state index contributed by atoms with van der Waals surface area (Å²) in [6.07, 6.45) is -1.30. The second kappa shape index (κ2) is 6.58. The van der Waals surface area contributed by atoms with Crippen molar-refractivity contribution in [2.45, 2.75) is 12.1 Å². The van der Waals surface area contributed by atoms with Crippen LogP contribution in [0, 0.1) is 0 Å². The highest BCUT2D eigenvalue weighted by molar-refractivity contribution is 6.27. The lowest BCUT2D eigenvalue weighted by molar-refractivity contribution is -0.145. The molecule has 0 saturated carbocycles. The van der Waals surface area contributed by atoms with Gasteiger partial charge >= 0.3 is 5.97 Å². The van der Waals surface area contributed by atoms with Crippen molar-refractivity contribution in [2.75, 3.05) is 19.6 Å². The van der Waals surface area contributed by atoms with Crippen LogP contribution in [0.4, 0.5) is 0 Å². The molecular formula is C7H12ClNO5. The van der Waals surface area contributed by atoms with Crippen LogP contribution in [0.2, 0.25) is 0 Å². The molecule has 1 amide bonds. The SMILES string of the molecule is COCC(O)C(NC(=O)CCl)C(=O)O. The third-order valence-electron chi connectivity index (χ3n) is 1.43. The van der Waals surface area contributed by atoms with Crippen LogP contribution in [-0.4, -0.2) is 53.8 Å². The molecule has 0 aliphatic carbocycles. The molecule has 2 unspecified atom stereocenters. The van der Waals surface area contributed by atoms with E-state index in [1.54, 1.807) is 0 Å². The first-order valence-electron chi connectivity index (χ1n) is 3.78. The minimum absolute atomic E-state index is 0.181. The number of aliphatic hydroxyl groups is 1. The van der Waals surface area contributed by atoms with Crippen LogP contribution >= 0.6 is 11.6 Å². The lowest BCUT2D eigenvalue weighted by atomic mass is 10.1. The minimum atomic E-state index is -1.40. The fourth-order valence-electron chi connectivity index (χ4n) is 0.802. The Bertz CT molecular complexity index is 210. The number of hydrogen-bond acceptors (Lipinski definition) is 4. The number of rotatable bonds is 6. The average molecular weight is 226 g/mol. The van der Waals surface area contributed by atoms with Crippen LogP contribution in [0.15, 0.2) is 0 Å². The van der Waals surface area contributed by atoms with E-state index in [0.29, 0.717) is 0 Å². The molecule has 0 heterocycles. The summed E-state index contributed by atoms with van der Waals surface area (Å²) in [6, 6.07) is -1.40. The van der Waals surface area contributed by atoms with Crippen molar-refractivity contribution in [1.82, 2.24) is 5.32 Å². The monoisotopic (exact) mass is 225 g/mol. The fourth-order valence-corrected chi connectivity index (χ4v) is 0.879. The smallest absolute Gasteiger partial charge is 0.329 e. The largest absolute Gasteiger partial charge is 0.480 e. The molecule has 0 aromatic rings. The first-order chi connectivity index (χ1) is 6.52. The Balaban J connectivity index is 4.28. The summed E-state index contributed by atoms with van der Waals surface area (Å²) >= 11 is 5.16. The molecule has 2 atom stereocenters. The Morgan fingerprint density at radius 3 is 2.50 bits per heavy atom. The second-order valence-electron chi connectivity index (χ2n) is 2.54. The van der Waals surface area contributed by atoms with Crippen molar-refractivity contribution >= 4 is 23.5 Å². The van der Waals surface area contributed by atoms with Crippen LogP contribution in [0.1, 0.15) is 0 Å². The summed E-state index contributed by atoms with van der Waals surface area (Å²) in [5.74, 6) is -2.36. The Morgan fingerprint density at radius 1 is 1.57 bits per heavy atom. The Hall–Kier alpha value is -0.850. The summed E-state index contributed by atoms with van der Waals surface area (Å²) < 4.78 is 4.55. The van der Waals surface area contributed by atoms with Gasteiger partial charge in [-0.05, 0) is 0 Å². The van der Waals surface area contributed by atoms with Crippen LogP contribution in [0.3, 0.4) is 0 Å². The fraction of sp³-hybridized carbons (Fsp3) is 0.714. The highest BCUT2D eigenvalue weighted by Crippen LogP contribution is 1.95. The molecule has 0 radical (unpaired) electrons. The lowest BCUT2D eigenvalue weighted by Gasteiger charge is -2.18. The molecule has 7 heteroatoms. The maximum atomic E-state index is 10.8. The lowest BCUT2D eigenvalue weighted by Crippen LogP contribution is -2.50. The molecule has 6 nitrogen and oxygen atoms in total. The van der Waals surface area contributed by atoms with Crippen molar-refractivity contribution in [3.05, 3.63) is 0 Å². The zero-order chi connectivity index (χ0) is 11.1. The number of amides is 1. The van der Waals surface area contributed by atoms with Crippen LogP contribution in [0.25, 0.3) is 0 Å². The van der Waals surface area contributed by atoms with E-state index in [-0.39, 0.29) is 12.5 Å². The van der Waals surface area contributed by atoms with Gasteiger partial charge in [-0.25, -0.2) is 4.79 Å². The number of methoxy groups -OCH3 is 1. The number of hydrogen-bond donors (Lipinski definition) is 3. The zero-order valence-corrected chi connectivity index (χ0v) is 8.32. The molecule has 0 saturated heterocycles. The van der Waals surface area contributed by atoms with Crippen molar-refractivity contribution in [3.63, 3.8) is 0 Å². The molecule has 0 spiro atoms. The van der Waals surface area contributed by atoms with E-state index < -0.39 is 24.0 Å². The number of halogens is 1. The summed E-state index contributed by atoms with van der Waals surface area (Å²) in [5.41, 5.74) is 0. The first kappa shape index (κ1) is 13.2. The van der Waals surface area contributed by atoms with E-state index in [0.717, 1.165) is 0 Å². The molecule has 0 aliphatic rings. The maximum Gasteiger partial charge on any atom is 0.329 e. The number of carboxylic acid groups (broad SMARTS) is 1. The average Bonchev–Trinajstić information content (AvgIpc) is 2.13.